The second kappa shape index (κ2) is 9.44. The summed E-state index contributed by atoms with van der Waals surface area (Å²) in [7, 11) is -3.72. The molecule has 0 spiro atoms. The van der Waals surface area contributed by atoms with Crippen molar-refractivity contribution in [3.05, 3.63) is 83.9 Å². The van der Waals surface area contributed by atoms with E-state index in [4.69, 9.17) is 4.42 Å². The van der Waals surface area contributed by atoms with E-state index in [2.05, 4.69) is 20.2 Å². The number of hydrogen-bond donors (Lipinski definition) is 2. The Morgan fingerprint density at radius 2 is 1.51 bits per heavy atom. The molecule has 2 N–H and O–H groups in total. The molecule has 0 radical (unpaired) electrons. The number of benzene rings is 3. The molecule has 4 aromatic rings. The lowest BCUT2D eigenvalue weighted by Gasteiger charge is -2.20. The van der Waals surface area contributed by atoms with Gasteiger partial charge in [-0.2, -0.15) is 0 Å². The normalized spacial score (nSPS) is 11.9. The summed E-state index contributed by atoms with van der Waals surface area (Å²) in [5, 5.41) is 11.0. The molecular weight excluding hydrogens is 464 g/mol. The number of anilines is 1. The van der Waals surface area contributed by atoms with Crippen LogP contribution in [0.2, 0.25) is 0 Å². The molecule has 3 aromatic carbocycles. The van der Waals surface area contributed by atoms with Gasteiger partial charge in [-0.25, -0.2) is 13.1 Å². The van der Waals surface area contributed by atoms with E-state index in [9.17, 15) is 13.2 Å². The first kappa shape index (κ1) is 24.3. The van der Waals surface area contributed by atoms with E-state index in [1.807, 2.05) is 31.2 Å². The summed E-state index contributed by atoms with van der Waals surface area (Å²) in [4.78, 5) is 12.8. The van der Waals surface area contributed by atoms with Crippen LogP contribution in [-0.2, 0) is 10.0 Å². The zero-order valence-corrected chi connectivity index (χ0v) is 20.7. The van der Waals surface area contributed by atoms with Gasteiger partial charge in [-0.3, -0.25) is 4.79 Å². The highest BCUT2D eigenvalue weighted by atomic mass is 32.2. The van der Waals surface area contributed by atoms with Gasteiger partial charge in [0.05, 0.1) is 4.90 Å². The summed E-state index contributed by atoms with van der Waals surface area (Å²) < 4.78 is 33.6. The third-order valence-corrected chi connectivity index (χ3v) is 6.68. The quantitative estimate of drug-likeness (QED) is 0.391. The fraction of sp³-hybridized carbons (Fsp3) is 0.192. The number of carbonyl (C=O) groups is 1. The average molecular weight is 491 g/mol. The van der Waals surface area contributed by atoms with Crippen molar-refractivity contribution in [2.45, 2.75) is 38.1 Å². The Kier molecular flexibility index (Phi) is 6.56. The highest BCUT2D eigenvalue weighted by Crippen LogP contribution is 2.25. The first-order valence-corrected chi connectivity index (χ1v) is 12.4. The zero-order chi connectivity index (χ0) is 25.2. The van der Waals surface area contributed by atoms with E-state index in [0.29, 0.717) is 28.6 Å². The summed E-state index contributed by atoms with van der Waals surface area (Å²) in [6.45, 7) is 7.27. The first-order chi connectivity index (χ1) is 16.5. The maximum atomic E-state index is 12.7. The molecule has 0 atom stereocenters. The van der Waals surface area contributed by atoms with Gasteiger partial charge in [-0.1, -0.05) is 23.8 Å². The van der Waals surface area contributed by atoms with E-state index in [0.717, 1.165) is 11.1 Å². The molecule has 9 heteroatoms. The van der Waals surface area contributed by atoms with Crippen molar-refractivity contribution >= 4 is 21.6 Å². The van der Waals surface area contributed by atoms with Crippen LogP contribution in [0.4, 0.5) is 5.69 Å². The molecule has 0 saturated heterocycles. The third-order valence-electron chi connectivity index (χ3n) is 4.93. The van der Waals surface area contributed by atoms with E-state index < -0.39 is 15.6 Å². The van der Waals surface area contributed by atoms with Crippen molar-refractivity contribution < 1.29 is 17.6 Å². The molecule has 0 unspecified atom stereocenters. The second-order valence-electron chi connectivity index (χ2n) is 9.20. The second-order valence-corrected chi connectivity index (χ2v) is 10.9. The molecule has 0 aliphatic carbocycles. The van der Waals surface area contributed by atoms with Crippen LogP contribution in [0.5, 0.6) is 0 Å². The van der Waals surface area contributed by atoms with Crippen molar-refractivity contribution in [1.29, 1.82) is 0 Å². The Bertz CT molecular complexity index is 1470. The average Bonchev–Trinajstić information content (AvgIpc) is 3.28. The molecule has 0 fully saturated rings. The van der Waals surface area contributed by atoms with Crippen LogP contribution >= 0.6 is 0 Å². The van der Waals surface area contributed by atoms with Gasteiger partial charge in [0.25, 0.3) is 5.91 Å². The SMILES string of the molecule is Cc1cccc(-c2nnc(-c3ccc(C(=O)Nc4cccc(S(=O)(=O)NC(C)(C)C)c4)cc3)o2)c1. The van der Waals surface area contributed by atoms with Crippen molar-refractivity contribution in [3.63, 3.8) is 0 Å². The van der Waals surface area contributed by atoms with Crippen molar-refractivity contribution in [2.24, 2.45) is 0 Å². The smallest absolute Gasteiger partial charge is 0.255 e. The van der Waals surface area contributed by atoms with Crippen LogP contribution in [0.3, 0.4) is 0 Å². The lowest BCUT2D eigenvalue weighted by molar-refractivity contribution is 0.102. The Morgan fingerprint density at radius 3 is 2.17 bits per heavy atom. The van der Waals surface area contributed by atoms with Crippen LogP contribution in [0.25, 0.3) is 22.9 Å². The number of aryl methyl sites for hydroxylation is 1. The van der Waals surface area contributed by atoms with Gasteiger partial charge in [-0.05, 0) is 82.3 Å². The van der Waals surface area contributed by atoms with Crippen LogP contribution in [0, 0.1) is 6.92 Å². The fourth-order valence-electron chi connectivity index (χ4n) is 3.41. The monoisotopic (exact) mass is 490 g/mol. The van der Waals surface area contributed by atoms with Crippen molar-refractivity contribution in [2.75, 3.05) is 5.32 Å². The molecule has 4 rings (SSSR count). The standard InChI is InChI=1S/C26H26N4O4S/c1-17-7-5-8-20(15-17)25-29-28-24(34-25)19-13-11-18(12-14-19)23(31)27-21-9-6-10-22(16-21)35(32,33)30-26(2,3)4/h5-16,30H,1-4H3,(H,27,31). The molecule has 0 aliphatic heterocycles. The number of rotatable bonds is 6. The molecule has 35 heavy (non-hydrogen) atoms. The third kappa shape index (κ3) is 6.00. The van der Waals surface area contributed by atoms with Gasteiger partial charge in [0.15, 0.2) is 0 Å². The molecule has 180 valence electrons. The van der Waals surface area contributed by atoms with Gasteiger partial charge >= 0.3 is 0 Å². The van der Waals surface area contributed by atoms with Crippen molar-refractivity contribution in [1.82, 2.24) is 14.9 Å². The summed E-state index contributed by atoms with van der Waals surface area (Å²) >= 11 is 0. The van der Waals surface area contributed by atoms with Gasteiger partial charge in [0.2, 0.25) is 21.8 Å². The summed E-state index contributed by atoms with van der Waals surface area (Å²) in [5.74, 6) is 0.389. The Balaban J connectivity index is 1.48. The number of sulfonamides is 1. The number of carbonyl (C=O) groups excluding carboxylic acids is 1. The zero-order valence-electron chi connectivity index (χ0n) is 19.9. The molecule has 8 nitrogen and oxygen atoms in total. The Morgan fingerprint density at radius 1 is 0.857 bits per heavy atom. The fourth-order valence-corrected chi connectivity index (χ4v) is 4.87. The predicted octanol–water partition coefficient (Wildman–Crippen LogP) is 5.04. The van der Waals surface area contributed by atoms with Crippen LogP contribution < -0.4 is 10.0 Å². The van der Waals surface area contributed by atoms with Gasteiger partial charge in [0, 0.05) is 27.9 Å². The maximum absolute atomic E-state index is 12.7. The Hall–Kier alpha value is -3.82. The number of aromatic nitrogens is 2. The number of nitrogens with zero attached hydrogens (tertiary/aromatic N) is 2. The predicted molar refractivity (Wildman–Crippen MR) is 134 cm³/mol. The largest absolute Gasteiger partial charge is 0.416 e. The molecule has 0 bridgehead atoms. The minimum absolute atomic E-state index is 0.0707. The van der Waals surface area contributed by atoms with Crippen molar-refractivity contribution in [3.8, 4) is 22.9 Å². The van der Waals surface area contributed by atoms with Gasteiger partial charge in [-0.15, -0.1) is 10.2 Å². The molecule has 1 amide bonds. The van der Waals surface area contributed by atoms with Crippen LogP contribution in [-0.4, -0.2) is 30.1 Å². The summed E-state index contributed by atoms with van der Waals surface area (Å²) in [6, 6.07) is 20.6. The first-order valence-electron chi connectivity index (χ1n) is 11.0. The maximum Gasteiger partial charge on any atom is 0.255 e. The van der Waals surface area contributed by atoms with Gasteiger partial charge < -0.3 is 9.73 Å². The Labute approximate surface area is 204 Å². The van der Waals surface area contributed by atoms with E-state index in [1.165, 1.54) is 12.1 Å². The number of nitrogens with one attached hydrogen (secondary N) is 2. The van der Waals surface area contributed by atoms with Crippen LogP contribution in [0.1, 0.15) is 36.7 Å². The summed E-state index contributed by atoms with van der Waals surface area (Å²) in [6.07, 6.45) is 0. The molecule has 1 heterocycles. The van der Waals surface area contributed by atoms with E-state index in [-0.39, 0.29) is 10.8 Å². The molecule has 1 aromatic heterocycles. The number of amides is 1. The summed E-state index contributed by atoms with van der Waals surface area (Å²) in [5.41, 5.74) is 2.74. The minimum atomic E-state index is -3.72. The lowest BCUT2D eigenvalue weighted by Crippen LogP contribution is -2.40. The number of hydrogen-bond acceptors (Lipinski definition) is 6. The molecule has 0 aliphatic rings. The van der Waals surface area contributed by atoms with E-state index >= 15 is 0 Å². The molecule has 0 saturated carbocycles. The van der Waals surface area contributed by atoms with Gasteiger partial charge in [0.1, 0.15) is 0 Å². The van der Waals surface area contributed by atoms with Crippen LogP contribution in [0.15, 0.2) is 82.1 Å². The van der Waals surface area contributed by atoms with E-state index in [1.54, 1.807) is 57.2 Å². The minimum Gasteiger partial charge on any atom is -0.416 e. The topological polar surface area (TPSA) is 114 Å². The molecular formula is C26H26N4O4S. The highest BCUT2D eigenvalue weighted by Gasteiger charge is 2.22. The highest BCUT2D eigenvalue weighted by molar-refractivity contribution is 7.89. The lowest BCUT2D eigenvalue weighted by atomic mass is 10.1.